The predicted molar refractivity (Wildman–Crippen MR) is 97.7 cm³/mol. The monoisotopic (exact) mass is 292 g/mol. The lowest BCUT2D eigenvalue weighted by molar-refractivity contribution is 0.112. The first-order valence-electron chi connectivity index (χ1n) is 7.53. The van der Waals surface area contributed by atoms with Gasteiger partial charge in [-0.05, 0) is 44.8 Å². The van der Waals surface area contributed by atoms with Gasteiger partial charge in [-0.1, -0.05) is 66.1 Å². The van der Waals surface area contributed by atoms with E-state index in [9.17, 15) is 4.79 Å². The van der Waals surface area contributed by atoms with E-state index in [-0.39, 0.29) is 0 Å². The molecule has 0 bridgehead atoms. The summed E-state index contributed by atoms with van der Waals surface area (Å²) in [5.41, 5.74) is 3.29. The molecule has 4 aromatic rings. The van der Waals surface area contributed by atoms with E-state index in [4.69, 9.17) is 7.85 Å². The molecule has 2 heteroatoms. The first-order valence-corrected chi connectivity index (χ1v) is 7.53. The van der Waals surface area contributed by atoms with Crippen molar-refractivity contribution in [3.63, 3.8) is 0 Å². The average Bonchev–Trinajstić information content (AvgIpc) is 2.59. The van der Waals surface area contributed by atoms with Crippen molar-refractivity contribution in [3.8, 4) is 11.1 Å². The molecule has 0 heterocycles. The maximum absolute atomic E-state index is 11.2. The third kappa shape index (κ3) is 2.33. The Morgan fingerprint density at radius 2 is 1.35 bits per heavy atom. The van der Waals surface area contributed by atoms with Gasteiger partial charge >= 0.3 is 0 Å². The lowest BCUT2D eigenvalue weighted by Crippen LogP contribution is -2.04. The van der Waals surface area contributed by atoms with Crippen LogP contribution in [-0.4, -0.2) is 14.1 Å². The Bertz CT molecular complexity index is 996. The lowest BCUT2D eigenvalue weighted by Gasteiger charge is -2.13. The lowest BCUT2D eigenvalue weighted by atomic mass is 9.86. The van der Waals surface area contributed by atoms with Gasteiger partial charge in [-0.25, -0.2) is 0 Å². The fourth-order valence-electron chi connectivity index (χ4n) is 3.21. The molecular weight excluding hydrogens is 279 g/mol. The number of hydrogen-bond acceptors (Lipinski definition) is 1. The van der Waals surface area contributed by atoms with Crippen molar-refractivity contribution in [2.24, 2.45) is 0 Å². The van der Waals surface area contributed by atoms with Crippen LogP contribution in [0.1, 0.15) is 10.4 Å². The van der Waals surface area contributed by atoms with Crippen molar-refractivity contribution in [2.45, 2.75) is 0 Å². The van der Waals surface area contributed by atoms with Crippen LogP contribution in [0.4, 0.5) is 0 Å². The van der Waals surface area contributed by atoms with Gasteiger partial charge in [-0.2, -0.15) is 0 Å². The van der Waals surface area contributed by atoms with Gasteiger partial charge in [0.05, 0.1) is 0 Å². The van der Waals surface area contributed by atoms with E-state index in [0.29, 0.717) is 11.0 Å². The zero-order valence-electron chi connectivity index (χ0n) is 12.5. The Balaban J connectivity index is 2.19. The maximum atomic E-state index is 11.2. The summed E-state index contributed by atoms with van der Waals surface area (Å²) in [6.45, 7) is 0. The quantitative estimate of drug-likeness (QED) is 0.306. The van der Waals surface area contributed by atoms with E-state index in [1.165, 1.54) is 10.8 Å². The molecule has 0 amide bonds. The third-order valence-corrected chi connectivity index (χ3v) is 4.17. The number of fused-ring (bicyclic) bond motifs is 2. The molecule has 106 valence electrons. The minimum absolute atomic E-state index is 0.594. The van der Waals surface area contributed by atoms with Crippen LogP contribution < -0.4 is 5.46 Å². The molecule has 0 spiro atoms. The minimum atomic E-state index is 0.594. The van der Waals surface area contributed by atoms with E-state index in [0.717, 1.165) is 28.2 Å². The van der Waals surface area contributed by atoms with Crippen LogP contribution in [-0.2, 0) is 0 Å². The Morgan fingerprint density at radius 3 is 1.96 bits per heavy atom. The molecule has 4 rings (SSSR count). The van der Waals surface area contributed by atoms with Crippen molar-refractivity contribution in [3.05, 3.63) is 78.4 Å². The van der Waals surface area contributed by atoms with E-state index in [2.05, 4.69) is 30.3 Å². The Morgan fingerprint density at radius 1 is 0.739 bits per heavy atom. The Kier molecular flexibility index (Phi) is 3.23. The van der Waals surface area contributed by atoms with Crippen molar-refractivity contribution < 1.29 is 4.79 Å². The molecule has 2 radical (unpaired) electrons. The molecule has 1 nitrogen and oxygen atoms in total. The van der Waals surface area contributed by atoms with Crippen molar-refractivity contribution in [1.82, 2.24) is 0 Å². The summed E-state index contributed by atoms with van der Waals surface area (Å²) in [7, 11) is 6.00. The SMILES string of the molecule is [B]c1cc(C=O)cc(-c2c3ccccc3cc3ccccc23)c1. The number of carbonyl (C=O) groups excluding carboxylic acids is 1. The van der Waals surface area contributed by atoms with Gasteiger partial charge in [0.15, 0.2) is 0 Å². The summed E-state index contributed by atoms with van der Waals surface area (Å²) in [6, 6.07) is 24.3. The second kappa shape index (κ2) is 5.40. The summed E-state index contributed by atoms with van der Waals surface area (Å²) in [6.07, 6.45) is 0.840. The van der Waals surface area contributed by atoms with Crippen molar-refractivity contribution >= 4 is 41.1 Å². The molecule has 0 unspecified atom stereocenters. The van der Waals surface area contributed by atoms with Gasteiger partial charge in [0, 0.05) is 5.56 Å². The molecule has 0 fully saturated rings. The standard InChI is InChI=1S/C21H13BO/c22-18-10-14(13-23)9-17(12-18)21-19-7-3-1-5-15(19)11-16-6-2-4-8-20(16)21/h1-13H. The largest absolute Gasteiger partial charge is 0.298 e. The summed E-state index contributed by atoms with van der Waals surface area (Å²) in [4.78, 5) is 11.2. The molecule has 0 aliphatic heterocycles. The van der Waals surface area contributed by atoms with Crippen LogP contribution in [0.3, 0.4) is 0 Å². The normalized spacial score (nSPS) is 11.0. The molecule has 0 atom stereocenters. The van der Waals surface area contributed by atoms with Gasteiger partial charge in [-0.3, -0.25) is 4.79 Å². The number of hydrogen-bond donors (Lipinski definition) is 0. The molecule has 23 heavy (non-hydrogen) atoms. The number of benzene rings is 4. The van der Waals surface area contributed by atoms with Crippen LogP contribution in [0, 0.1) is 0 Å². The van der Waals surface area contributed by atoms with Crippen LogP contribution >= 0.6 is 0 Å². The van der Waals surface area contributed by atoms with Crippen molar-refractivity contribution in [2.75, 3.05) is 0 Å². The zero-order chi connectivity index (χ0) is 15.8. The molecule has 0 saturated carbocycles. The topological polar surface area (TPSA) is 17.1 Å². The molecule has 0 saturated heterocycles. The van der Waals surface area contributed by atoms with Crippen LogP contribution in [0.15, 0.2) is 72.8 Å². The highest BCUT2D eigenvalue weighted by Gasteiger charge is 2.10. The predicted octanol–water partition coefficient (Wildman–Crippen LogP) is 4.27. The second-order valence-corrected chi connectivity index (χ2v) is 5.70. The fourth-order valence-corrected chi connectivity index (χ4v) is 3.21. The van der Waals surface area contributed by atoms with E-state index in [1.807, 2.05) is 36.4 Å². The highest BCUT2D eigenvalue weighted by Crippen LogP contribution is 2.36. The van der Waals surface area contributed by atoms with Crippen LogP contribution in [0.5, 0.6) is 0 Å². The summed E-state index contributed by atoms with van der Waals surface area (Å²) < 4.78 is 0. The average molecular weight is 292 g/mol. The summed E-state index contributed by atoms with van der Waals surface area (Å²) in [5.74, 6) is 0. The molecule has 0 N–H and O–H groups in total. The van der Waals surface area contributed by atoms with Gasteiger partial charge in [0.1, 0.15) is 14.1 Å². The minimum Gasteiger partial charge on any atom is -0.298 e. The number of aldehydes is 1. The van der Waals surface area contributed by atoms with Gasteiger partial charge in [0.2, 0.25) is 0 Å². The molecule has 0 aliphatic rings. The second-order valence-electron chi connectivity index (χ2n) is 5.70. The van der Waals surface area contributed by atoms with Crippen LogP contribution in [0.25, 0.3) is 32.7 Å². The maximum Gasteiger partial charge on any atom is 0.150 e. The highest BCUT2D eigenvalue weighted by molar-refractivity contribution is 6.33. The molecule has 4 aromatic carbocycles. The van der Waals surface area contributed by atoms with Crippen molar-refractivity contribution in [1.29, 1.82) is 0 Å². The first-order chi connectivity index (χ1) is 11.3. The molecule has 0 aromatic heterocycles. The Hall–Kier alpha value is -2.87. The third-order valence-electron chi connectivity index (χ3n) is 4.17. The van der Waals surface area contributed by atoms with E-state index >= 15 is 0 Å². The van der Waals surface area contributed by atoms with Gasteiger partial charge in [0.25, 0.3) is 0 Å². The number of carbonyl (C=O) groups is 1. The highest BCUT2D eigenvalue weighted by atomic mass is 16.1. The molecular formula is C21H13BO. The van der Waals surface area contributed by atoms with Gasteiger partial charge < -0.3 is 0 Å². The Labute approximate surface area is 136 Å². The first kappa shape index (κ1) is 13.8. The molecule has 0 aliphatic carbocycles. The number of rotatable bonds is 2. The summed E-state index contributed by atoms with van der Waals surface area (Å²) >= 11 is 0. The van der Waals surface area contributed by atoms with Gasteiger partial charge in [-0.15, -0.1) is 0 Å². The summed E-state index contributed by atoms with van der Waals surface area (Å²) in [5, 5.41) is 4.68. The van der Waals surface area contributed by atoms with Crippen LogP contribution in [0.2, 0.25) is 0 Å². The van der Waals surface area contributed by atoms with E-state index in [1.54, 1.807) is 6.07 Å². The zero-order valence-corrected chi connectivity index (χ0v) is 12.5. The van der Waals surface area contributed by atoms with E-state index < -0.39 is 0 Å². The smallest absolute Gasteiger partial charge is 0.150 e. The fraction of sp³-hybridized carbons (Fsp3) is 0.